The van der Waals surface area contributed by atoms with Crippen LogP contribution >= 0.6 is 11.8 Å². The van der Waals surface area contributed by atoms with Crippen molar-refractivity contribution in [1.29, 1.82) is 5.26 Å². The third-order valence-electron chi connectivity index (χ3n) is 2.86. The Bertz CT molecular complexity index is 683. The summed E-state index contributed by atoms with van der Waals surface area (Å²) in [4.78, 5) is 12.5. The Morgan fingerprint density at radius 2 is 2.00 bits per heavy atom. The molecule has 2 N–H and O–H groups in total. The molecule has 0 aliphatic rings. The molecule has 2 rings (SSSR count). The number of thioether (sulfide) groups is 1. The minimum atomic E-state index is -0.322. The van der Waals surface area contributed by atoms with E-state index < -0.39 is 0 Å². The molecule has 0 heterocycles. The molecular formula is C16H14FN3OS. The summed E-state index contributed by atoms with van der Waals surface area (Å²) in [6.45, 7) is 0.414. The first-order valence-corrected chi connectivity index (χ1v) is 7.44. The summed E-state index contributed by atoms with van der Waals surface area (Å²) >= 11 is 1.06. The minimum Gasteiger partial charge on any atom is -0.338 e. The molecule has 0 spiro atoms. The van der Waals surface area contributed by atoms with Crippen LogP contribution in [0.15, 0.2) is 53.4 Å². The van der Waals surface area contributed by atoms with Gasteiger partial charge in [-0.05, 0) is 60.1 Å². The predicted molar refractivity (Wildman–Crippen MR) is 85.0 cm³/mol. The first-order chi connectivity index (χ1) is 10.7. The van der Waals surface area contributed by atoms with Gasteiger partial charge in [0.25, 0.3) is 0 Å². The molecule has 22 heavy (non-hydrogen) atoms. The number of urea groups is 1. The number of thiocyanates is 1. The highest BCUT2D eigenvalue weighted by atomic mass is 32.2. The van der Waals surface area contributed by atoms with Crippen molar-refractivity contribution in [2.24, 2.45) is 0 Å². The lowest BCUT2D eigenvalue weighted by molar-refractivity contribution is 0.252. The molecule has 2 amide bonds. The quantitative estimate of drug-likeness (QED) is 0.652. The van der Waals surface area contributed by atoms with Crippen molar-refractivity contribution in [2.75, 3.05) is 11.9 Å². The van der Waals surface area contributed by atoms with Crippen molar-refractivity contribution in [3.8, 4) is 5.40 Å². The average molecular weight is 315 g/mol. The normalized spacial score (nSPS) is 9.82. The van der Waals surface area contributed by atoms with Gasteiger partial charge < -0.3 is 10.6 Å². The van der Waals surface area contributed by atoms with E-state index in [1.165, 1.54) is 12.1 Å². The average Bonchev–Trinajstić information content (AvgIpc) is 2.50. The van der Waals surface area contributed by atoms with Crippen LogP contribution in [-0.2, 0) is 6.42 Å². The van der Waals surface area contributed by atoms with E-state index >= 15 is 0 Å². The third kappa shape index (κ3) is 5.11. The van der Waals surface area contributed by atoms with E-state index in [0.29, 0.717) is 18.7 Å². The summed E-state index contributed by atoms with van der Waals surface area (Å²) in [5.41, 5.74) is 1.48. The van der Waals surface area contributed by atoms with Crippen LogP contribution in [0.4, 0.5) is 14.9 Å². The maximum Gasteiger partial charge on any atom is 0.319 e. The summed E-state index contributed by atoms with van der Waals surface area (Å²) in [5.74, 6) is -0.280. The van der Waals surface area contributed by atoms with Gasteiger partial charge in [0.15, 0.2) is 0 Å². The fourth-order valence-electron chi connectivity index (χ4n) is 1.85. The second-order valence-corrected chi connectivity index (χ2v) is 5.34. The zero-order valence-corrected chi connectivity index (χ0v) is 12.5. The highest BCUT2D eigenvalue weighted by Crippen LogP contribution is 2.18. The monoisotopic (exact) mass is 315 g/mol. The molecule has 2 aromatic carbocycles. The molecule has 0 fully saturated rings. The number of benzene rings is 2. The molecule has 4 nitrogen and oxygen atoms in total. The fourth-order valence-corrected chi connectivity index (χ4v) is 2.22. The summed E-state index contributed by atoms with van der Waals surface area (Å²) in [7, 11) is 0. The molecule has 0 unspecified atom stereocenters. The predicted octanol–water partition coefficient (Wildman–Crippen LogP) is 3.76. The van der Waals surface area contributed by atoms with Crippen molar-refractivity contribution in [2.45, 2.75) is 11.3 Å². The molecule has 112 valence electrons. The maximum absolute atomic E-state index is 13.0. The molecule has 6 heteroatoms. The summed E-state index contributed by atoms with van der Waals surface area (Å²) < 4.78 is 13.0. The van der Waals surface area contributed by atoms with Crippen LogP contribution < -0.4 is 10.6 Å². The number of carbonyl (C=O) groups excluding carboxylic acids is 1. The van der Waals surface area contributed by atoms with Gasteiger partial charge in [-0.2, -0.15) is 5.26 Å². The number of carbonyl (C=O) groups is 1. The number of hydrogen-bond acceptors (Lipinski definition) is 3. The van der Waals surface area contributed by atoms with Gasteiger partial charge in [0.2, 0.25) is 0 Å². The van der Waals surface area contributed by atoms with Gasteiger partial charge in [-0.3, -0.25) is 0 Å². The second-order valence-electron chi connectivity index (χ2n) is 4.48. The van der Waals surface area contributed by atoms with Crippen LogP contribution in [0.2, 0.25) is 0 Å². The maximum atomic E-state index is 13.0. The molecule has 0 radical (unpaired) electrons. The van der Waals surface area contributed by atoms with Crippen LogP contribution in [0.25, 0.3) is 0 Å². The van der Waals surface area contributed by atoms with Crippen molar-refractivity contribution in [1.82, 2.24) is 5.32 Å². The second kappa shape index (κ2) is 8.05. The van der Waals surface area contributed by atoms with Gasteiger partial charge in [0, 0.05) is 17.1 Å². The lowest BCUT2D eigenvalue weighted by atomic mass is 10.1. The van der Waals surface area contributed by atoms with Crippen molar-refractivity contribution >= 4 is 23.5 Å². The summed E-state index contributed by atoms with van der Waals surface area (Å²) in [6, 6.07) is 12.9. The largest absolute Gasteiger partial charge is 0.338 e. The number of anilines is 1. The molecule has 0 aliphatic carbocycles. The number of amides is 2. The highest BCUT2D eigenvalue weighted by molar-refractivity contribution is 8.03. The summed E-state index contributed by atoms with van der Waals surface area (Å²) in [6.07, 6.45) is 0.558. The van der Waals surface area contributed by atoms with Gasteiger partial charge in [-0.15, -0.1) is 0 Å². The number of hydrogen-bond donors (Lipinski definition) is 2. The zero-order chi connectivity index (χ0) is 15.8. The number of rotatable bonds is 5. The smallest absolute Gasteiger partial charge is 0.319 e. The number of nitrogens with zero attached hydrogens (tertiary/aromatic N) is 1. The van der Waals surface area contributed by atoms with Gasteiger partial charge in [-0.1, -0.05) is 12.1 Å². The molecule has 0 saturated heterocycles. The van der Waals surface area contributed by atoms with Crippen LogP contribution in [0.5, 0.6) is 0 Å². The van der Waals surface area contributed by atoms with Gasteiger partial charge >= 0.3 is 6.03 Å². The number of nitrogens with one attached hydrogen (secondary N) is 2. The molecule has 0 aliphatic heterocycles. The Hall–Kier alpha value is -2.52. The topological polar surface area (TPSA) is 64.9 Å². The molecule has 0 bridgehead atoms. The number of nitriles is 1. The Kier molecular flexibility index (Phi) is 5.81. The minimum absolute atomic E-state index is 0.280. The Labute approximate surface area is 132 Å². The molecular weight excluding hydrogens is 301 g/mol. The van der Waals surface area contributed by atoms with Gasteiger partial charge in [0.1, 0.15) is 11.2 Å². The van der Waals surface area contributed by atoms with E-state index in [0.717, 1.165) is 22.2 Å². The van der Waals surface area contributed by atoms with Crippen molar-refractivity contribution < 1.29 is 9.18 Å². The molecule has 0 saturated carbocycles. The molecule has 0 aromatic heterocycles. The van der Waals surface area contributed by atoms with Crippen LogP contribution in [0.1, 0.15) is 5.56 Å². The van der Waals surface area contributed by atoms with Gasteiger partial charge in [0.05, 0.1) is 0 Å². The highest BCUT2D eigenvalue weighted by Gasteiger charge is 2.02. The third-order valence-corrected chi connectivity index (χ3v) is 3.46. The fraction of sp³-hybridized carbons (Fsp3) is 0.125. The zero-order valence-electron chi connectivity index (χ0n) is 11.7. The lowest BCUT2D eigenvalue weighted by Gasteiger charge is -2.08. The Morgan fingerprint density at radius 1 is 1.23 bits per heavy atom. The van der Waals surface area contributed by atoms with Crippen molar-refractivity contribution in [3.05, 3.63) is 59.9 Å². The molecule has 0 atom stereocenters. The van der Waals surface area contributed by atoms with E-state index in [2.05, 4.69) is 10.6 Å². The first-order valence-electron chi connectivity index (χ1n) is 6.62. The van der Waals surface area contributed by atoms with Crippen molar-refractivity contribution in [3.63, 3.8) is 0 Å². The summed E-state index contributed by atoms with van der Waals surface area (Å²) in [5, 5.41) is 15.9. The van der Waals surface area contributed by atoms with Gasteiger partial charge in [-0.25, -0.2) is 9.18 Å². The van der Waals surface area contributed by atoms with Crippen LogP contribution in [0.3, 0.4) is 0 Å². The van der Waals surface area contributed by atoms with E-state index in [-0.39, 0.29) is 11.8 Å². The lowest BCUT2D eigenvalue weighted by Crippen LogP contribution is -2.30. The first kappa shape index (κ1) is 15.9. The Balaban J connectivity index is 1.77. The molecule has 2 aromatic rings. The van der Waals surface area contributed by atoms with Crippen LogP contribution in [0, 0.1) is 16.5 Å². The number of halogens is 1. The van der Waals surface area contributed by atoms with E-state index in [4.69, 9.17) is 5.26 Å². The standard InChI is InChI=1S/C16H14FN3OS/c17-13-3-1-2-12(10-13)8-9-19-16(21)20-14-4-6-15(7-5-14)22-11-18/h1-7,10H,8-9H2,(H2,19,20,21). The van der Waals surface area contributed by atoms with E-state index in [1.807, 2.05) is 11.5 Å². The van der Waals surface area contributed by atoms with E-state index in [1.54, 1.807) is 30.3 Å². The Morgan fingerprint density at radius 3 is 2.68 bits per heavy atom. The van der Waals surface area contributed by atoms with E-state index in [9.17, 15) is 9.18 Å². The van der Waals surface area contributed by atoms with Crippen LogP contribution in [-0.4, -0.2) is 12.6 Å². The SMILES string of the molecule is N#CSc1ccc(NC(=O)NCCc2cccc(F)c2)cc1.